The van der Waals surface area contributed by atoms with E-state index in [0.717, 1.165) is 5.69 Å². The van der Waals surface area contributed by atoms with Gasteiger partial charge >= 0.3 is 0 Å². The first-order chi connectivity index (χ1) is 13.1. The van der Waals surface area contributed by atoms with Gasteiger partial charge in [-0.1, -0.05) is 36.4 Å². The number of para-hydroxylation sites is 1. The molecule has 27 heavy (non-hydrogen) atoms. The lowest BCUT2D eigenvalue weighted by Gasteiger charge is -2.37. The number of benzene rings is 2. The maximum atomic E-state index is 13.1. The summed E-state index contributed by atoms with van der Waals surface area (Å²) in [6, 6.07) is 21.6. The summed E-state index contributed by atoms with van der Waals surface area (Å²) in [6.07, 6.45) is -0.611. The molecular formula is C21H18N4O2. The van der Waals surface area contributed by atoms with Crippen LogP contribution < -0.4 is 10.7 Å². The molecule has 0 spiro atoms. The molecular weight excluding hydrogens is 340 g/mol. The van der Waals surface area contributed by atoms with Gasteiger partial charge in [-0.25, -0.2) is 5.01 Å². The van der Waals surface area contributed by atoms with Crippen molar-refractivity contribution in [3.8, 4) is 0 Å². The highest BCUT2D eigenvalue weighted by molar-refractivity contribution is 6.03. The summed E-state index contributed by atoms with van der Waals surface area (Å²) in [5, 5.41) is 4.61. The average Bonchev–Trinajstić information content (AvgIpc) is 2.70. The van der Waals surface area contributed by atoms with Gasteiger partial charge < -0.3 is 5.32 Å². The van der Waals surface area contributed by atoms with Crippen LogP contribution in [0.3, 0.4) is 0 Å². The van der Waals surface area contributed by atoms with Gasteiger partial charge in [0.05, 0.1) is 11.3 Å². The molecule has 1 aliphatic rings. The van der Waals surface area contributed by atoms with E-state index in [-0.39, 0.29) is 11.8 Å². The summed E-state index contributed by atoms with van der Waals surface area (Å²) >= 11 is 0. The van der Waals surface area contributed by atoms with Crippen molar-refractivity contribution in [2.45, 2.75) is 13.1 Å². The molecule has 0 bridgehead atoms. The molecule has 1 atom stereocenters. The Kier molecular flexibility index (Phi) is 4.30. The molecule has 4 rings (SSSR count). The molecule has 0 saturated heterocycles. The van der Waals surface area contributed by atoms with Crippen molar-refractivity contribution >= 4 is 17.5 Å². The molecule has 1 aliphatic heterocycles. The third-order valence-corrected chi connectivity index (χ3v) is 4.37. The van der Waals surface area contributed by atoms with Crippen LogP contribution in [-0.4, -0.2) is 21.8 Å². The first kappa shape index (κ1) is 16.8. The molecule has 0 saturated carbocycles. The molecule has 6 nitrogen and oxygen atoms in total. The highest BCUT2D eigenvalue weighted by Crippen LogP contribution is 2.31. The maximum Gasteiger partial charge on any atom is 0.276 e. The number of hydrogen-bond donors (Lipinski definition) is 2. The zero-order chi connectivity index (χ0) is 18.8. The molecule has 0 radical (unpaired) electrons. The van der Waals surface area contributed by atoms with E-state index in [0.29, 0.717) is 22.5 Å². The number of hydrogen-bond acceptors (Lipinski definition) is 4. The van der Waals surface area contributed by atoms with Gasteiger partial charge in [-0.2, -0.15) is 0 Å². The normalized spacial score (nSPS) is 15.7. The quantitative estimate of drug-likeness (QED) is 0.753. The zero-order valence-corrected chi connectivity index (χ0v) is 14.7. The fourth-order valence-corrected chi connectivity index (χ4v) is 3.06. The average molecular weight is 358 g/mol. The molecule has 0 fully saturated rings. The van der Waals surface area contributed by atoms with Gasteiger partial charge in [-0.3, -0.25) is 20.0 Å². The van der Waals surface area contributed by atoms with Crippen LogP contribution in [0.15, 0.2) is 72.8 Å². The van der Waals surface area contributed by atoms with Crippen LogP contribution in [0, 0.1) is 6.92 Å². The number of aryl methyl sites for hydroxylation is 1. The highest BCUT2D eigenvalue weighted by Gasteiger charge is 2.35. The Labute approximate surface area is 156 Å². The second kappa shape index (κ2) is 6.92. The van der Waals surface area contributed by atoms with Crippen molar-refractivity contribution in [1.29, 1.82) is 0 Å². The third kappa shape index (κ3) is 3.25. The summed E-state index contributed by atoms with van der Waals surface area (Å²) in [7, 11) is 0. The summed E-state index contributed by atoms with van der Waals surface area (Å²) in [5.74, 6) is -0.648. The Morgan fingerprint density at radius 1 is 1.00 bits per heavy atom. The molecule has 6 heteroatoms. The molecule has 2 aromatic carbocycles. The molecule has 2 amide bonds. The number of anilines is 1. The van der Waals surface area contributed by atoms with Crippen molar-refractivity contribution in [2.24, 2.45) is 0 Å². The Balaban J connectivity index is 1.73. The lowest BCUT2D eigenvalue weighted by molar-refractivity contribution is 0.0486. The SMILES string of the molecule is Cc1cccc(C2Nc3ccccc3C(=O)N2NC(=O)c2ccccc2)n1. The molecule has 0 aliphatic carbocycles. The number of hydrazine groups is 1. The van der Waals surface area contributed by atoms with Crippen LogP contribution in [0.2, 0.25) is 0 Å². The van der Waals surface area contributed by atoms with Crippen LogP contribution in [0.1, 0.15) is 38.3 Å². The monoisotopic (exact) mass is 358 g/mol. The van der Waals surface area contributed by atoms with Gasteiger partial charge in [0.25, 0.3) is 11.8 Å². The minimum absolute atomic E-state index is 0.290. The van der Waals surface area contributed by atoms with Gasteiger partial charge in [-0.05, 0) is 43.3 Å². The van der Waals surface area contributed by atoms with Gasteiger partial charge in [0.1, 0.15) is 0 Å². The second-order valence-electron chi connectivity index (χ2n) is 6.28. The largest absolute Gasteiger partial charge is 0.358 e. The van der Waals surface area contributed by atoms with E-state index in [2.05, 4.69) is 15.7 Å². The Morgan fingerprint density at radius 2 is 1.74 bits per heavy atom. The van der Waals surface area contributed by atoms with Gasteiger partial charge in [-0.15, -0.1) is 0 Å². The standard InChI is InChI=1S/C21H18N4O2/c1-14-8-7-13-18(22-14)19-23-17-12-6-5-11-16(17)21(27)25(19)24-20(26)15-9-3-2-4-10-15/h2-13,19,23H,1H3,(H,24,26). The molecule has 3 aromatic rings. The molecule has 1 aromatic heterocycles. The first-order valence-electron chi connectivity index (χ1n) is 8.62. The van der Waals surface area contributed by atoms with Crippen molar-refractivity contribution < 1.29 is 9.59 Å². The van der Waals surface area contributed by atoms with E-state index < -0.39 is 6.17 Å². The van der Waals surface area contributed by atoms with Gasteiger partial charge in [0.2, 0.25) is 0 Å². The zero-order valence-electron chi connectivity index (χ0n) is 14.7. The smallest absolute Gasteiger partial charge is 0.276 e. The molecule has 2 heterocycles. The van der Waals surface area contributed by atoms with Gasteiger partial charge in [0.15, 0.2) is 6.17 Å². The number of nitrogens with one attached hydrogen (secondary N) is 2. The number of aromatic nitrogens is 1. The Morgan fingerprint density at radius 3 is 2.52 bits per heavy atom. The fraction of sp³-hybridized carbons (Fsp3) is 0.0952. The van der Waals surface area contributed by atoms with E-state index in [1.807, 2.05) is 43.3 Å². The Bertz CT molecular complexity index is 1000. The first-order valence-corrected chi connectivity index (χ1v) is 8.62. The maximum absolute atomic E-state index is 13.1. The number of amides is 2. The van der Waals surface area contributed by atoms with Crippen LogP contribution in [0.5, 0.6) is 0 Å². The summed E-state index contributed by atoms with van der Waals surface area (Å²) < 4.78 is 0. The van der Waals surface area contributed by atoms with E-state index in [4.69, 9.17) is 0 Å². The van der Waals surface area contributed by atoms with E-state index in [1.54, 1.807) is 36.4 Å². The predicted octanol–water partition coefficient (Wildman–Crippen LogP) is 3.30. The van der Waals surface area contributed by atoms with Crippen molar-refractivity contribution in [2.75, 3.05) is 5.32 Å². The highest BCUT2D eigenvalue weighted by atomic mass is 16.2. The van der Waals surface area contributed by atoms with Crippen LogP contribution in [-0.2, 0) is 0 Å². The molecule has 134 valence electrons. The van der Waals surface area contributed by atoms with E-state index in [1.165, 1.54) is 5.01 Å². The fourth-order valence-electron chi connectivity index (χ4n) is 3.06. The summed E-state index contributed by atoms with van der Waals surface area (Å²) in [4.78, 5) is 30.3. The van der Waals surface area contributed by atoms with Crippen LogP contribution in [0.4, 0.5) is 5.69 Å². The van der Waals surface area contributed by atoms with Crippen LogP contribution in [0.25, 0.3) is 0 Å². The number of carbonyl (C=O) groups is 2. The number of nitrogens with zero attached hydrogens (tertiary/aromatic N) is 2. The number of rotatable bonds is 3. The van der Waals surface area contributed by atoms with Crippen LogP contribution >= 0.6 is 0 Å². The van der Waals surface area contributed by atoms with E-state index >= 15 is 0 Å². The van der Waals surface area contributed by atoms with Crippen molar-refractivity contribution in [3.63, 3.8) is 0 Å². The van der Waals surface area contributed by atoms with E-state index in [9.17, 15) is 9.59 Å². The molecule has 2 N–H and O–H groups in total. The minimum Gasteiger partial charge on any atom is -0.358 e. The topological polar surface area (TPSA) is 74.3 Å². The number of fused-ring (bicyclic) bond motifs is 1. The van der Waals surface area contributed by atoms with Crippen molar-refractivity contribution in [1.82, 2.24) is 15.4 Å². The second-order valence-corrected chi connectivity index (χ2v) is 6.28. The predicted molar refractivity (Wildman–Crippen MR) is 102 cm³/mol. The summed E-state index contributed by atoms with van der Waals surface area (Å²) in [5.41, 5.74) is 5.89. The molecule has 1 unspecified atom stereocenters. The lowest BCUT2D eigenvalue weighted by Crippen LogP contribution is -2.53. The third-order valence-electron chi connectivity index (χ3n) is 4.37. The van der Waals surface area contributed by atoms with Gasteiger partial charge in [0, 0.05) is 16.9 Å². The number of pyridine rings is 1. The summed E-state index contributed by atoms with van der Waals surface area (Å²) in [6.45, 7) is 1.88. The Hall–Kier alpha value is -3.67. The van der Waals surface area contributed by atoms with Crippen molar-refractivity contribution in [3.05, 3.63) is 95.3 Å². The lowest BCUT2D eigenvalue weighted by atomic mass is 10.1. The minimum atomic E-state index is -0.611. The number of carbonyl (C=O) groups excluding carboxylic acids is 2.